The number of benzene rings is 2. The molecular weight excluding hydrogens is 294 g/mol. The van der Waals surface area contributed by atoms with Crippen molar-refractivity contribution in [3.8, 4) is 0 Å². The van der Waals surface area contributed by atoms with Gasteiger partial charge in [0.1, 0.15) is 0 Å². The number of hydrogen-bond acceptors (Lipinski definition) is 3. The molecule has 116 valence electrons. The number of amides is 1. The van der Waals surface area contributed by atoms with E-state index in [1.807, 2.05) is 61.5 Å². The van der Waals surface area contributed by atoms with Gasteiger partial charge in [-0.1, -0.05) is 54.6 Å². The Morgan fingerprint density at radius 2 is 1.68 bits per heavy atom. The molecule has 3 nitrogen and oxygen atoms in total. The second-order valence-corrected chi connectivity index (χ2v) is 6.46. The Balaban J connectivity index is 1.76. The highest BCUT2D eigenvalue weighted by Gasteiger charge is 2.12. The van der Waals surface area contributed by atoms with Gasteiger partial charge >= 0.3 is 0 Å². The highest BCUT2D eigenvalue weighted by atomic mass is 32.2. The molecule has 4 heteroatoms. The molecule has 1 unspecified atom stereocenters. The quantitative estimate of drug-likeness (QED) is 0.825. The van der Waals surface area contributed by atoms with Gasteiger partial charge in [-0.25, -0.2) is 0 Å². The zero-order valence-corrected chi connectivity index (χ0v) is 13.5. The molecule has 0 aromatic heterocycles. The van der Waals surface area contributed by atoms with E-state index in [9.17, 15) is 4.79 Å². The summed E-state index contributed by atoms with van der Waals surface area (Å²) in [5.41, 5.74) is 3.17. The van der Waals surface area contributed by atoms with Crippen molar-refractivity contribution < 1.29 is 9.90 Å². The van der Waals surface area contributed by atoms with Gasteiger partial charge in [-0.15, -0.1) is 11.8 Å². The van der Waals surface area contributed by atoms with Crippen molar-refractivity contribution in [2.24, 2.45) is 0 Å². The summed E-state index contributed by atoms with van der Waals surface area (Å²) >= 11 is 1.61. The number of aliphatic hydroxyl groups is 1. The number of rotatable bonds is 7. The van der Waals surface area contributed by atoms with Gasteiger partial charge in [0.25, 0.3) is 0 Å². The maximum absolute atomic E-state index is 12.1. The second kappa shape index (κ2) is 8.61. The van der Waals surface area contributed by atoms with Gasteiger partial charge < -0.3 is 10.4 Å². The predicted molar refractivity (Wildman–Crippen MR) is 91.4 cm³/mol. The Labute approximate surface area is 135 Å². The van der Waals surface area contributed by atoms with Gasteiger partial charge in [-0.05, 0) is 23.6 Å². The van der Waals surface area contributed by atoms with Crippen molar-refractivity contribution in [3.05, 3.63) is 71.3 Å². The third kappa shape index (κ3) is 5.20. The minimum absolute atomic E-state index is 0.0563. The first-order valence-electron chi connectivity index (χ1n) is 7.31. The molecule has 0 heterocycles. The first-order chi connectivity index (χ1) is 10.7. The van der Waals surface area contributed by atoms with Crippen LogP contribution in [0, 0.1) is 0 Å². The summed E-state index contributed by atoms with van der Waals surface area (Å²) in [6.45, 7) is 2.55. The number of aliphatic hydroxyl groups excluding tert-OH is 1. The third-order valence-corrected chi connectivity index (χ3v) is 4.60. The van der Waals surface area contributed by atoms with Crippen LogP contribution in [0.4, 0.5) is 0 Å². The van der Waals surface area contributed by atoms with Crippen LogP contribution in [0.15, 0.2) is 54.6 Å². The molecule has 0 aliphatic heterocycles. The lowest BCUT2D eigenvalue weighted by Crippen LogP contribution is -2.30. The Kier molecular flexibility index (Phi) is 6.49. The maximum Gasteiger partial charge on any atom is 0.233 e. The predicted octanol–water partition coefficient (Wildman–Crippen LogP) is 3.12. The van der Waals surface area contributed by atoms with Gasteiger partial charge in [0.05, 0.1) is 11.9 Å². The molecule has 0 radical (unpaired) electrons. The van der Waals surface area contributed by atoms with Crippen molar-refractivity contribution in [2.45, 2.75) is 31.1 Å². The van der Waals surface area contributed by atoms with Gasteiger partial charge in [0.15, 0.2) is 0 Å². The van der Waals surface area contributed by atoms with Crippen LogP contribution >= 0.6 is 11.8 Å². The molecule has 0 saturated carbocycles. The van der Waals surface area contributed by atoms with Crippen LogP contribution in [0.3, 0.4) is 0 Å². The molecule has 0 spiro atoms. The van der Waals surface area contributed by atoms with E-state index in [-0.39, 0.29) is 17.8 Å². The molecule has 2 aromatic rings. The fourth-order valence-electron chi connectivity index (χ4n) is 1.97. The molecule has 0 aliphatic carbocycles. The van der Waals surface area contributed by atoms with E-state index in [1.54, 1.807) is 11.8 Å². The molecule has 1 atom stereocenters. The fraction of sp³-hybridized carbons (Fsp3) is 0.278. The van der Waals surface area contributed by atoms with Crippen LogP contribution in [0.2, 0.25) is 0 Å². The number of hydrogen-bond donors (Lipinski definition) is 2. The van der Waals surface area contributed by atoms with Gasteiger partial charge in [0, 0.05) is 12.3 Å². The molecule has 22 heavy (non-hydrogen) atoms. The second-order valence-electron chi connectivity index (χ2n) is 5.13. The lowest BCUT2D eigenvalue weighted by Gasteiger charge is -2.12. The number of nitrogens with one attached hydrogen (secondary N) is 1. The Bertz CT molecular complexity index is 584. The van der Waals surface area contributed by atoms with E-state index < -0.39 is 0 Å². The fourth-order valence-corrected chi connectivity index (χ4v) is 2.84. The number of thioether (sulfide) groups is 1. The zero-order chi connectivity index (χ0) is 15.8. The maximum atomic E-state index is 12.1. The molecule has 2 rings (SSSR count). The smallest absolute Gasteiger partial charge is 0.233 e. The van der Waals surface area contributed by atoms with E-state index in [0.717, 1.165) is 22.4 Å². The summed E-state index contributed by atoms with van der Waals surface area (Å²) in [6, 6.07) is 17.7. The normalized spacial score (nSPS) is 11.9. The Morgan fingerprint density at radius 1 is 1.05 bits per heavy atom. The van der Waals surface area contributed by atoms with E-state index in [4.69, 9.17) is 5.11 Å². The average Bonchev–Trinajstić information content (AvgIpc) is 2.58. The van der Waals surface area contributed by atoms with Crippen LogP contribution in [-0.4, -0.2) is 16.3 Å². The zero-order valence-electron chi connectivity index (χ0n) is 12.7. The third-order valence-electron chi connectivity index (χ3n) is 3.38. The highest BCUT2D eigenvalue weighted by Crippen LogP contribution is 2.18. The summed E-state index contributed by atoms with van der Waals surface area (Å²) in [5.74, 6) is 0.840. The topological polar surface area (TPSA) is 49.3 Å². The lowest BCUT2D eigenvalue weighted by atomic mass is 10.2. The van der Waals surface area contributed by atoms with Crippen molar-refractivity contribution in [2.75, 3.05) is 0 Å². The van der Waals surface area contributed by atoms with E-state index in [2.05, 4.69) is 5.32 Å². The van der Waals surface area contributed by atoms with Gasteiger partial charge in [-0.2, -0.15) is 0 Å². The average molecular weight is 315 g/mol. The minimum Gasteiger partial charge on any atom is -0.392 e. The summed E-state index contributed by atoms with van der Waals surface area (Å²) in [5, 5.41) is 11.9. The standard InChI is InChI=1S/C18H21NO2S/c1-14(18(21)19-11-15-5-3-2-4-6-15)22-13-17-9-7-16(12-20)8-10-17/h2-10,14,20H,11-13H2,1H3,(H,19,21). The largest absolute Gasteiger partial charge is 0.392 e. The highest BCUT2D eigenvalue weighted by molar-refractivity contribution is 7.99. The molecule has 0 fully saturated rings. The molecule has 0 saturated heterocycles. The van der Waals surface area contributed by atoms with Crippen molar-refractivity contribution in [1.82, 2.24) is 5.32 Å². The lowest BCUT2D eigenvalue weighted by molar-refractivity contribution is -0.120. The van der Waals surface area contributed by atoms with E-state index in [1.165, 1.54) is 0 Å². The van der Waals surface area contributed by atoms with Crippen molar-refractivity contribution in [1.29, 1.82) is 0 Å². The number of carbonyl (C=O) groups is 1. The van der Waals surface area contributed by atoms with E-state index in [0.29, 0.717) is 6.54 Å². The molecule has 1 amide bonds. The van der Waals surface area contributed by atoms with Crippen LogP contribution in [-0.2, 0) is 23.7 Å². The molecule has 0 aliphatic rings. The summed E-state index contributed by atoms with van der Waals surface area (Å²) < 4.78 is 0. The molecule has 0 bridgehead atoms. The van der Waals surface area contributed by atoms with Gasteiger partial charge in [-0.3, -0.25) is 4.79 Å². The van der Waals surface area contributed by atoms with Crippen molar-refractivity contribution in [3.63, 3.8) is 0 Å². The Hall–Kier alpha value is -1.78. The van der Waals surface area contributed by atoms with Crippen LogP contribution in [0.25, 0.3) is 0 Å². The summed E-state index contributed by atoms with van der Waals surface area (Å²) in [7, 11) is 0. The van der Waals surface area contributed by atoms with E-state index >= 15 is 0 Å². The van der Waals surface area contributed by atoms with Crippen LogP contribution in [0.5, 0.6) is 0 Å². The Morgan fingerprint density at radius 3 is 2.32 bits per heavy atom. The minimum atomic E-state index is -0.0961. The van der Waals surface area contributed by atoms with Crippen molar-refractivity contribution >= 4 is 17.7 Å². The van der Waals surface area contributed by atoms with Crippen LogP contribution < -0.4 is 5.32 Å². The summed E-state index contributed by atoms with van der Waals surface area (Å²) in [4.78, 5) is 12.1. The molecule has 2 N–H and O–H groups in total. The first-order valence-corrected chi connectivity index (χ1v) is 8.36. The number of carbonyl (C=O) groups excluding carboxylic acids is 1. The van der Waals surface area contributed by atoms with Crippen LogP contribution in [0.1, 0.15) is 23.6 Å². The molecule has 2 aromatic carbocycles. The van der Waals surface area contributed by atoms with Gasteiger partial charge in [0.2, 0.25) is 5.91 Å². The summed E-state index contributed by atoms with van der Waals surface area (Å²) in [6.07, 6.45) is 0. The SMILES string of the molecule is CC(SCc1ccc(CO)cc1)C(=O)NCc1ccccc1. The molecular formula is C18H21NO2S. The monoisotopic (exact) mass is 315 g/mol. The first kappa shape index (κ1) is 16.6.